The Morgan fingerprint density at radius 1 is 0.903 bits per heavy atom. The number of aryl methyl sites for hydroxylation is 1. The van der Waals surface area contributed by atoms with Gasteiger partial charge in [0.05, 0.1) is 17.2 Å². The lowest BCUT2D eigenvalue weighted by atomic mass is 10.1. The first kappa shape index (κ1) is 22.4. The molecular formula is C24H26N2O4S. The fourth-order valence-corrected chi connectivity index (χ4v) is 4.49. The van der Waals surface area contributed by atoms with Crippen molar-refractivity contribution in [1.82, 2.24) is 0 Å². The number of nitrogens with zero attached hydrogens (tertiary/aromatic N) is 1. The highest BCUT2D eigenvalue weighted by molar-refractivity contribution is 7.92. The molecule has 7 heteroatoms. The van der Waals surface area contributed by atoms with E-state index in [0.29, 0.717) is 23.7 Å². The number of sulfonamides is 1. The van der Waals surface area contributed by atoms with Crippen LogP contribution in [0.4, 0.5) is 11.4 Å². The smallest absolute Gasteiger partial charge is 0.264 e. The largest absolute Gasteiger partial charge is 0.494 e. The summed E-state index contributed by atoms with van der Waals surface area (Å²) < 4.78 is 33.3. The maximum Gasteiger partial charge on any atom is 0.264 e. The molecule has 1 amide bonds. The van der Waals surface area contributed by atoms with Crippen molar-refractivity contribution in [3.05, 3.63) is 84.4 Å². The molecule has 0 spiro atoms. The van der Waals surface area contributed by atoms with Crippen molar-refractivity contribution in [1.29, 1.82) is 0 Å². The van der Waals surface area contributed by atoms with E-state index >= 15 is 0 Å². The number of benzene rings is 3. The second-order valence-corrected chi connectivity index (χ2v) is 8.71. The molecule has 0 atom stereocenters. The van der Waals surface area contributed by atoms with Crippen LogP contribution in [0.5, 0.6) is 5.75 Å². The molecular weight excluding hydrogens is 412 g/mol. The molecule has 0 aliphatic carbocycles. The lowest BCUT2D eigenvalue weighted by Gasteiger charge is -2.24. The van der Waals surface area contributed by atoms with Gasteiger partial charge in [0, 0.05) is 5.69 Å². The van der Waals surface area contributed by atoms with Crippen LogP contribution in [0.1, 0.15) is 19.4 Å². The second-order valence-electron chi connectivity index (χ2n) is 6.85. The number of carbonyl (C=O) groups is 1. The number of rotatable bonds is 9. The highest BCUT2D eigenvalue weighted by atomic mass is 32.2. The number of carbonyl (C=O) groups excluding carboxylic acids is 1. The fraction of sp³-hybridized carbons (Fsp3) is 0.208. The Hall–Kier alpha value is -3.32. The molecule has 0 heterocycles. The number of anilines is 2. The summed E-state index contributed by atoms with van der Waals surface area (Å²) in [6, 6.07) is 22.2. The van der Waals surface area contributed by atoms with Gasteiger partial charge in [-0.25, -0.2) is 8.42 Å². The van der Waals surface area contributed by atoms with E-state index in [-0.39, 0.29) is 11.4 Å². The minimum atomic E-state index is -3.97. The molecule has 0 fully saturated rings. The van der Waals surface area contributed by atoms with Crippen LogP contribution in [-0.2, 0) is 21.2 Å². The molecule has 3 rings (SSSR count). The monoisotopic (exact) mass is 438 g/mol. The van der Waals surface area contributed by atoms with Gasteiger partial charge in [-0.15, -0.1) is 0 Å². The molecule has 0 unspecified atom stereocenters. The van der Waals surface area contributed by atoms with E-state index in [2.05, 4.69) is 12.2 Å². The van der Waals surface area contributed by atoms with Gasteiger partial charge in [0.2, 0.25) is 5.91 Å². The summed E-state index contributed by atoms with van der Waals surface area (Å²) in [6.45, 7) is 4.05. The summed E-state index contributed by atoms with van der Waals surface area (Å²) in [7, 11) is -3.97. The molecule has 6 nitrogen and oxygen atoms in total. The standard InChI is InChI=1S/C24H26N2O4S/c1-3-19-10-12-20(13-11-19)25-24(27)18-26(21-8-6-5-7-9-21)31(28,29)23-16-14-22(15-17-23)30-4-2/h5-17H,3-4,18H2,1-2H3,(H,25,27). The molecule has 162 valence electrons. The van der Waals surface area contributed by atoms with Crippen molar-refractivity contribution in [2.24, 2.45) is 0 Å². The normalized spacial score (nSPS) is 11.0. The van der Waals surface area contributed by atoms with E-state index in [1.165, 1.54) is 12.1 Å². The summed E-state index contributed by atoms with van der Waals surface area (Å²) in [5, 5.41) is 2.78. The SMILES string of the molecule is CCOc1ccc(S(=O)(=O)N(CC(=O)Nc2ccc(CC)cc2)c2ccccc2)cc1. The predicted molar refractivity (Wildman–Crippen MR) is 123 cm³/mol. The van der Waals surface area contributed by atoms with E-state index in [0.717, 1.165) is 16.3 Å². The topological polar surface area (TPSA) is 75.7 Å². The van der Waals surface area contributed by atoms with Crippen molar-refractivity contribution < 1.29 is 17.9 Å². The number of amides is 1. The molecule has 31 heavy (non-hydrogen) atoms. The van der Waals surface area contributed by atoms with Crippen LogP contribution < -0.4 is 14.4 Å². The van der Waals surface area contributed by atoms with Gasteiger partial charge in [0.1, 0.15) is 12.3 Å². The lowest BCUT2D eigenvalue weighted by Crippen LogP contribution is -2.38. The van der Waals surface area contributed by atoms with E-state index in [1.54, 1.807) is 42.5 Å². The van der Waals surface area contributed by atoms with Gasteiger partial charge in [-0.05, 0) is 67.4 Å². The highest BCUT2D eigenvalue weighted by Gasteiger charge is 2.27. The summed E-state index contributed by atoms with van der Waals surface area (Å²) in [6.07, 6.45) is 0.899. The molecule has 3 aromatic rings. The van der Waals surface area contributed by atoms with E-state index in [1.807, 2.05) is 31.2 Å². The van der Waals surface area contributed by atoms with Crippen LogP contribution in [0.3, 0.4) is 0 Å². The van der Waals surface area contributed by atoms with Crippen LogP contribution in [0.25, 0.3) is 0 Å². The Labute approximate surface area is 183 Å². The number of ether oxygens (including phenoxy) is 1. The van der Waals surface area contributed by atoms with Crippen LogP contribution in [0, 0.1) is 0 Å². The minimum absolute atomic E-state index is 0.0832. The molecule has 0 aliphatic rings. The Morgan fingerprint density at radius 3 is 2.13 bits per heavy atom. The number of hydrogen-bond acceptors (Lipinski definition) is 4. The summed E-state index contributed by atoms with van der Waals surface area (Å²) in [5.41, 5.74) is 2.18. The lowest BCUT2D eigenvalue weighted by molar-refractivity contribution is -0.114. The van der Waals surface area contributed by atoms with E-state index < -0.39 is 15.9 Å². The Bertz CT molecular complexity index is 1100. The van der Waals surface area contributed by atoms with Crippen molar-refractivity contribution >= 4 is 27.3 Å². The van der Waals surface area contributed by atoms with Crippen molar-refractivity contribution in [3.63, 3.8) is 0 Å². The zero-order valence-electron chi connectivity index (χ0n) is 17.6. The maximum atomic E-state index is 13.4. The van der Waals surface area contributed by atoms with Gasteiger partial charge >= 0.3 is 0 Å². The number of nitrogens with one attached hydrogen (secondary N) is 1. The third-order valence-corrected chi connectivity index (χ3v) is 6.49. The van der Waals surface area contributed by atoms with Gasteiger partial charge in [-0.2, -0.15) is 0 Å². The third-order valence-electron chi connectivity index (χ3n) is 4.70. The Morgan fingerprint density at radius 2 is 1.55 bits per heavy atom. The first-order valence-corrected chi connectivity index (χ1v) is 11.6. The molecule has 0 saturated heterocycles. The van der Waals surface area contributed by atoms with Crippen LogP contribution in [-0.4, -0.2) is 27.5 Å². The number of hydrogen-bond donors (Lipinski definition) is 1. The fourth-order valence-electron chi connectivity index (χ4n) is 3.07. The molecule has 0 saturated carbocycles. The van der Waals surface area contributed by atoms with E-state index in [4.69, 9.17) is 4.74 Å². The molecule has 3 aromatic carbocycles. The first-order valence-electron chi connectivity index (χ1n) is 10.1. The highest BCUT2D eigenvalue weighted by Crippen LogP contribution is 2.25. The summed E-state index contributed by atoms with van der Waals surface area (Å²) >= 11 is 0. The predicted octanol–water partition coefficient (Wildman–Crippen LogP) is 4.48. The zero-order valence-corrected chi connectivity index (χ0v) is 18.4. The maximum absolute atomic E-state index is 13.4. The minimum Gasteiger partial charge on any atom is -0.494 e. The van der Waals surface area contributed by atoms with Crippen LogP contribution >= 0.6 is 0 Å². The second kappa shape index (κ2) is 10.1. The molecule has 0 aliphatic heterocycles. The van der Waals surface area contributed by atoms with Crippen molar-refractivity contribution in [2.75, 3.05) is 22.8 Å². The Kier molecular flexibility index (Phi) is 7.31. The van der Waals surface area contributed by atoms with Crippen LogP contribution in [0.15, 0.2) is 83.8 Å². The van der Waals surface area contributed by atoms with Gasteiger partial charge in [0.25, 0.3) is 10.0 Å². The van der Waals surface area contributed by atoms with Crippen molar-refractivity contribution in [3.8, 4) is 5.75 Å². The van der Waals surface area contributed by atoms with Gasteiger partial charge in [0.15, 0.2) is 0 Å². The third kappa shape index (κ3) is 5.64. The molecule has 0 bridgehead atoms. The molecule has 1 N–H and O–H groups in total. The summed E-state index contributed by atoms with van der Waals surface area (Å²) in [4.78, 5) is 12.8. The average Bonchev–Trinajstić information content (AvgIpc) is 2.79. The number of para-hydroxylation sites is 1. The Balaban J connectivity index is 1.86. The van der Waals surface area contributed by atoms with Gasteiger partial charge in [-0.1, -0.05) is 37.3 Å². The quantitative estimate of drug-likeness (QED) is 0.534. The van der Waals surface area contributed by atoms with Crippen LogP contribution in [0.2, 0.25) is 0 Å². The molecule has 0 radical (unpaired) electrons. The first-order chi connectivity index (χ1) is 14.9. The molecule has 0 aromatic heterocycles. The average molecular weight is 439 g/mol. The zero-order chi connectivity index (χ0) is 22.3. The van der Waals surface area contributed by atoms with Gasteiger partial charge < -0.3 is 10.1 Å². The van der Waals surface area contributed by atoms with E-state index in [9.17, 15) is 13.2 Å². The summed E-state index contributed by atoms with van der Waals surface area (Å²) in [5.74, 6) is 0.156. The van der Waals surface area contributed by atoms with Gasteiger partial charge in [-0.3, -0.25) is 9.10 Å². The van der Waals surface area contributed by atoms with Crippen molar-refractivity contribution in [2.45, 2.75) is 25.2 Å².